The van der Waals surface area contributed by atoms with Crippen LogP contribution < -0.4 is 16.0 Å². The molecule has 2 amide bonds. The second-order valence-electron chi connectivity index (χ2n) is 5.64. The summed E-state index contributed by atoms with van der Waals surface area (Å²) in [7, 11) is 0. The maximum Gasteiger partial charge on any atom is 0.291 e. The molecule has 1 aromatic heterocycles. The van der Waals surface area contributed by atoms with Gasteiger partial charge in [0.15, 0.2) is 5.76 Å². The fraction of sp³-hybridized carbons (Fsp3) is 0.294. The van der Waals surface area contributed by atoms with E-state index in [9.17, 15) is 9.59 Å². The van der Waals surface area contributed by atoms with Crippen LogP contribution in [0.2, 0.25) is 0 Å². The number of carbonyl (C=O) groups is 2. The van der Waals surface area contributed by atoms with Gasteiger partial charge in [-0.15, -0.1) is 12.4 Å². The topological polar surface area (TPSA) is 83.4 Å². The van der Waals surface area contributed by atoms with Gasteiger partial charge < -0.3 is 20.4 Å². The molecule has 0 radical (unpaired) electrons. The maximum absolute atomic E-state index is 12.1. The van der Waals surface area contributed by atoms with E-state index in [4.69, 9.17) is 4.42 Å². The van der Waals surface area contributed by atoms with Crippen molar-refractivity contribution in [3.63, 3.8) is 0 Å². The molecule has 6 nitrogen and oxygen atoms in total. The van der Waals surface area contributed by atoms with Crippen molar-refractivity contribution < 1.29 is 14.0 Å². The van der Waals surface area contributed by atoms with Gasteiger partial charge in [-0.05, 0) is 55.8 Å². The molecule has 0 saturated carbocycles. The lowest BCUT2D eigenvalue weighted by molar-refractivity contribution is -0.119. The minimum Gasteiger partial charge on any atom is -0.459 e. The third-order valence-electron chi connectivity index (χ3n) is 3.92. The Labute approximate surface area is 146 Å². The number of furan rings is 1. The molecule has 1 aliphatic rings. The van der Waals surface area contributed by atoms with Crippen LogP contribution in [0.4, 0.5) is 11.4 Å². The quantitative estimate of drug-likeness (QED) is 0.792. The van der Waals surface area contributed by atoms with Crippen LogP contribution in [0.3, 0.4) is 0 Å². The lowest BCUT2D eigenvalue weighted by Crippen LogP contribution is -2.24. The first kappa shape index (κ1) is 18.0. The molecule has 0 spiro atoms. The monoisotopic (exact) mass is 349 g/mol. The molecule has 1 aromatic carbocycles. The number of benzene rings is 1. The molecule has 1 unspecified atom stereocenters. The standard InChI is InChI=1S/C17H19N3O3.ClH/c1-11-9-13(19-16(21)12-6-7-18-10-12)4-5-14(11)20-17(22)15-3-2-8-23-15;/h2-5,8-9,12,18H,6-7,10H2,1H3,(H,19,21)(H,20,22);1H. The molecule has 2 heterocycles. The molecular formula is C17H20ClN3O3. The Morgan fingerprint density at radius 2 is 2.08 bits per heavy atom. The number of nitrogens with one attached hydrogen (secondary N) is 3. The minimum atomic E-state index is -0.299. The average Bonchev–Trinajstić information content (AvgIpc) is 3.23. The van der Waals surface area contributed by atoms with Gasteiger partial charge in [-0.3, -0.25) is 9.59 Å². The first-order valence-corrected chi connectivity index (χ1v) is 7.60. The zero-order valence-electron chi connectivity index (χ0n) is 13.3. The van der Waals surface area contributed by atoms with Gasteiger partial charge in [0.25, 0.3) is 5.91 Å². The average molecular weight is 350 g/mol. The second kappa shape index (κ2) is 7.99. The Kier molecular flexibility index (Phi) is 6.00. The number of hydrogen-bond donors (Lipinski definition) is 3. The van der Waals surface area contributed by atoms with Gasteiger partial charge >= 0.3 is 0 Å². The molecular weight excluding hydrogens is 330 g/mol. The Morgan fingerprint density at radius 3 is 2.71 bits per heavy atom. The number of aryl methyl sites for hydroxylation is 1. The molecule has 128 valence electrons. The van der Waals surface area contributed by atoms with Crippen molar-refractivity contribution in [3.8, 4) is 0 Å². The molecule has 1 saturated heterocycles. The summed E-state index contributed by atoms with van der Waals surface area (Å²) < 4.78 is 5.07. The summed E-state index contributed by atoms with van der Waals surface area (Å²) in [6.45, 7) is 3.49. The van der Waals surface area contributed by atoms with E-state index in [1.807, 2.05) is 13.0 Å². The van der Waals surface area contributed by atoms with E-state index in [1.165, 1.54) is 6.26 Å². The highest BCUT2D eigenvalue weighted by atomic mass is 35.5. The fourth-order valence-electron chi connectivity index (χ4n) is 2.60. The normalized spacial score (nSPS) is 16.3. The van der Waals surface area contributed by atoms with Crippen molar-refractivity contribution in [2.24, 2.45) is 5.92 Å². The van der Waals surface area contributed by atoms with Gasteiger partial charge in [-0.1, -0.05) is 0 Å². The number of halogens is 1. The van der Waals surface area contributed by atoms with Crippen LogP contribution in [0.5, 0.6) is 0 Å². The smallest absolute Gasteiger partial charge is 0.291 e. The molecule has 24 heavy (non-hydrogen) atoms. The van der Waals surface area contributed by atoms with E-state index in [0.29, 0.717) is 5.69 Å². The zero-order chi connectivity index (χ0) is 16.2. The molecule has 3 rings (SSSR count). The van der Waals surface area contributed by atoms with E-state index in [-0.39, 0.29) is 35.9 Å². The molecule has 3 N–H and O–H groups in total. The van der Waals surface area contributed by atoms with Crippen LogP contribution in [-0.2, 0) is 4.79 Å². The van der Waals surface area contributed by atoms with Crippen LogP contribution in [-0.4, -0.2) is 24.9 Å². The Morgan fingerprint density at radius 1 is 1.25 bits per heavy atom. The van der Waals surface area contributed by atoms with Gasteiger partial charge in [0.1, 0.15) is 0 Å². The van der Waals surface area contributed by atoms with Crippen molar-refractivity contribution in [1.29, 1.82) is 0 Å². The third-order valence-corrected chi connectivity index (χ3v) is 3.92. The van der Waals surface area contributed by atoms with Crippen LogP contribution in [0.25, 0.3) is 0 Å². The van der Waals surface area contributed by atoms with Crippen molar-refractivity contribution in [2.75, 3.05) is 23.7 Å². The van der Waals surface area contributed by atoms with Gasteiger partial charge in [-0.2, -0.15) is 0 Å². The van der Waals surface area contributed by atoms with E-state index in [1.54, 1.807) is 24.3 Å². The van der Waals surface area contributed by atoms with Crippen LogP contribution in [0.1, 0.15) is 22.5 Å². The number of amides is 2. The zero-order valence-corrected chi connectivity index (χ0v) is 14.1. The summed E-state index contributed by atoms with van der Waals surface area (Å²) in [4.78, 5) is 24.1. The Balaban J connectivity index is 0.00000208. The molecule has 0 bridgehead atoms. The van der Waals surface area contributed by atoms with Gasteiger partial charge in [-0.25, -0.2) is 0 Å². The van der Waals surface area contributed by atoms with Crippen molar-refractivity contribution >= 4 is 35.6 Å². The van der Waals surface area contributed by atoms with Gasteiger partial charge in [0, 0.05) is 17.9 Å². The number of carbonyl (C=O) groups excluding carboxylic acids is 2. The van der Waals surface area contributed by atoms with Crippen LogP contribution in [0.15, 0.2) is 41.0 Å². The number of hydrogen-bond acceptors (Lipinski definition) is 4. The molecule has 7 heteroatoms. The molecule has 1 atom stereocenters. The molecule has 1 aliphatic heterocycles. The summed E-state index contributed by atoms with van der Waals surface area (Å²) in [5.41, 5.74) is 2.29. The van der Waals surface area contributed by atoms with Gasteiger partial charge in [0.05, 0.1) is 12.2 Å². The third kappa shape index (κ3) is 4.15. The predicted octanol–water partition coefficient (Wildman–Crippen LogP) is 2.81. The predicted molar refractivity (Wildman–Crippen MR) is 94.7 cm³/mol. The maximum atomic E-state index is 12.1. The van der Waals surface area contributed by atoms with Crippen LogP contribution >= 0.6 is 12.4 Å². The first-order chi connectivity index (χ1) is 11.1. The van der Waals surface area contributed by atoms with E-state index >= 15 is 0 Å². The highest BCUT2D eigenvalue weighted by molar-refractivity contribution is 6.03. The summed E-state index contributed by atoms with van der Waals surface area (Å²) >= 11 is 0. The van der Waals surface area contributed by atoms with E-state index < -0.39 is 0 Å². The van der Waals surface area contributed by atoms with Gasteiger partial charge in [0.2, 0.25) is 5.91 Å². The number of anilines is 2. The fourth-order valence-corrected chi connectivity index (χ4v) is 2.60. The summed E-state index contributed by atoms with van der Waals surface area (Å²) in [6.07, 6.45) is 2.32. The largest absolute Gasteiger partial charge is 0.459 e. The lowest BCUT2D eigenvalue weighted by atomic mass is 10.1. The molecule has 1 fully saturated rings. The van der Waals surface area contributed by atoms with E-state index in [0.717, 1.165) is 30.8 Å². The highest BCUT2D eigenvalue weighted by Crippen LogP contribution is 2.21. The molecule has 2 aromatic rings. The van der Waals surface area contributed by atoms with Crippen molar-refractivity contribution in [3.05, 3.63) is 47.9 Å². The first-order valence-electron chi connectivity index (χ1n) is 7.60. The van der Waals surface area contributed by atoms with Crippen molar-refractivity contribution in [2.45, 2.75) is 13.3 Å². The summed E-state index contributed by atoms with van der Waals surface area (Å²) in [6, 6.07) is 8.68. The molecule has 0 aliphatic carbocycles. The Hall–Kier alpha value is -2.31. The van der Waals surface area contributed by atoms with Crippen molar-refractivity contribution in [1.82, 2.24) is 5.32 Å². The second-order valence-corrected chi connectivity index (χ2v) is 5.64. The Bertz CT molecular complexity index is 710. The lowest BCUT2D eigenvalue weighted by Gasteiger charge is -2.12. The summed E-state index contributed by atoms with van der Waals surface area (Å²) in [5.74, 6) is 0.0119. The van der Waals surface area contributed by atoms with Crippen LogP contribution in [0, 0.1) is 12.8 Å². The SMILES string of the molecule is Cc1cc(NC(=O)C2CCNC2)ccc1NC(=O)c1ccco1.Cl. The number of rotatable bonds is 4. The minimum absolute atomic E-state index is 0. The summed E-state index contributed by atoms with van der Waals surface area (Å²) in [5, 5.41) is 8.89. The van der Waals surface area contributed by atoms with E-state index in [2.05, 4.69) is 16.0 Å². The highest BCUT2D eigenvalue weighted by Gasteiger charge is 2.22.